The standard InChI is InChI=1S/C18H21N3O/c1-21-16(20-18(17(21)22)10-3-2-4-11-18)14-9-5-7-13-8-6-12-19-15(13)14/h5-9,12,16,20H,2-4,10-11H2,1H3. The number of para-hydroxylation sites is 1. The van der Waals surface area contributed by atoms with Crippen molar-refractivity contribution >= 4 is 16.8 Å². The Morgan fingerprint density at radius 3 is 2.77 bits per heavy atom. The molecule has 1 N–H and O–H groups in total. The van der Waals surface area contributed by atoms with Crippen LogP contribution in [-0.4, -0.2) is 28.4 Å². The van der Waals surface area contributed by atoms with Crippen LogP contribution in [0.25, 0.3) is 10.9 Å². The van der Waals surface area contributed by atoms with E-state index in [4.69, 9.17) is 0 Å². The van der Waals surface area contributed by atoms with Crippen LogP contribution in [0, 0.1) is 0 Å². The number of rotatable bonds is 1. The van der Waals surface area contributed by atoms with Gasteiger partial charge in [0.2, 0.25) is 5.91 Å². The van der Waals surface area contributed by atoms with Crippen molar-refractivity contribution in [3.8, 4) is 0 Å². The Morgan fingerprint density at radius 2 is 1.95 bits per heavy atom. The second-order valence-corrected chi connectivity index (χ2v) is 6.53. The number of carbonyl (C=O) groups excluding carboxylic acids is 1. The highest BCUT2D eigenvalue weighted by atomic mass is 16.2. The number of amides is 1. The van der Waals surface area contributed by atoms with E-state index in [1.54, 1.807) is 0 Å². The molecule has 2 aromatic rings. The molecule has 2 aliphatic rings. The van der Waals surface area contributed by atoms with Crippen molar-refractivity contribution in [2.75, 3.05) is 7.05 Å². The molecule has 0 radical (unpaired) electrons. The molecule has 0 bridgehead atoms. The Labute approximate surface area is 130 Å². The van der Waals surface area contributed by atoms with Gasteiger partial charge in [0.1, 0.15) is 6.17 Å². The van der Waals surface area contributed by atoms with E-state index in [-0.39, 0.29) is 17.6 Å². The molecular weight excluding hydrogens is 274 g/mol. The van der Waals surface area contributed by atoms with Crippen LogP contribution in [-0.2, 0) is 4.79 Å². The van der Waals surface area contributed by atoms with Crippen LogP contribution in [0.15, 0.2) is 36.5 Å². The van der Waals surface area contributed by atoms with Crippen LogP contribution in [0.5, 0.6) is 0 Å². The Bertz CT molecular complexity index is 716. The van der Waals surface area contributed by atoms with E-state index < -0.39 is 0 Å². The van der Waals surface area contributed by atoms with Gasteiger partial charge in [-0.05, 0) is 18.9 Å². The molecular formula is C18H21N3O. The topological polar surface area (TPSA) is 45.2 Å². The average Bonchev–Trinajstić information content (AvgIpc) is 2.80. The van der Waals surface area contributed by atoms with Crippen LogP contribution >= 0.6 is 0 Å². The quantitative estimate of drug-likeness (QED) is 0.879. The monoisotopic (exact) mass is 295 g/mol. The maximum Gasteiger partial charge on any atom is 0.244 e. The summed E-state index contributed by atoms with van der Waals surface area (Å²) in [5.74, 6) is 0.241. The zero-order valence-corrected chi connectivity index (χ0v) is 12.9. The first-order valence-electron chi connectivity index (χ1n) is 8.10. The van der Waals surface area contributed by atoms with E-state index in [1.165, 1.54) is 6.42 Å². The number of nitrogens with one attached hydrogen (secondary N) is 1. The molecule has 4 heteroatoms. The number of nitrogens with zero attached hydrogens (tertiary/aromatic N) is 2. The van der Waals surface area contributed by atoms with Crippen LogP contribution < -0.4 is 5.32 Å². The summed E-state index contributed by atoms with van der Waals surface area (Å²) in [6.07, 6.45) is 7.14. The third-order valence-electron chi connectivity index (χ3n) is 5.20. The molecule has 1 saturated carbocycles. The summed E-state index contributed by atoms with van der Waals surface area (Å²) in [6, 6.07) is 10.2. The Hall–Kier alpha value is -1.94. The number of aromatic nitrogens is 1. The number of hydrogen-bond acceptors (Lipinski definition) is 3. The molecule has 2 fully saturated rings. The lowest BCUT2D eigenvalue weighted by atomic mass is 9.82. The molecule has 1 aromatic heterocycles. The molecule has 4 rings (SSSR count). The molecule has 1 aliphatic carbocycles. The highest BCUT2D eigenvalue weighted by Crippen LogP contribution is 2.39. The fourth-order valence-electron chi connectivity index (χ4n) is 4.02. The van der Waals surface area contributed by atoms with Crippen LogP contribution in [0.1, 0.15) is 43.8 Å². The molecule has 1 saturated heterocycles. The maximum atomic E-state index is 12.8. The highest BCUT2D eigenvalue weighted by molar-refractivity contribution is 5.90. The van der Waals surface area contributed by atoms with Crippen LogP contribution in [0.4, 0.5) is 0 Å². The molecule has 2 heterocycles. The number of benzene rings is 1. The van der Waals surface area contributed by atoms with Gasteiger partial charge in [-0.2, -0.15) is 0 Å². The average molecular weight is 295 g/mol. The molecule has 1 amide bonds. The SMILES string of the molecule is CN1C(=O)C2(CCCCC2)NC1c1cccc2cccnc12. The summed E-state index contributed by atoms with van der Waals surface area (Å²) in [7, 11) is 1.91. The number of carbonyl (C=O) groups is 1. The van der Waals surface area contributed by atoms with Gasteiger partial charge >= 0.3 is 0 Å². The lowest BCUT2D eigenvalue weighted by Gasteiger charge is -2.31. The zero-order chi connectivity index (χ0) is 15.2. The van der Waals surface area contributed by atoms with E-state index in [0.717, 1.165) is 42.1 Å². The predicted molar refractivity (Wildman–Crippen MR) is 86.2 cm³/mol. The summed E-state index contributed by atoms with van der Waals surface area (Å²) in [5.41, 5.74) is 1.72. The van der Waals surface area contributed by atoms with Crippen molar-refractivity contribution in [1.29, 1.82) is 0 Å². The number of fused-ring (bicyclic) bond motifs is 1. The second-order valence-electron chi connectivity index (χ2n) is 6.53. The molecule has 114 valence electrons. The Balaban J connectivity index is 1.77. The fourth-order valence-corrected chi connectivity index (χ4v) is 4.02. The minimum absolute atomic E-state index is 0.0794. The predicted octanol–water partition coefficient (Wildman–Crippen LogP) is 3.00. The van der Waals surface area contributed by atoms with Crippen molar-refractivity contribution < 1.29 is 4.79 Å². The summed E-state index contributed by atoms with van der Waals surface area (Å²) in [6.45, 7) is 0. The van der Waals surface area contributed by atoms with Gasteiger partial charge in [0, 0.05) is 24.2 Å². The maximum absolute atomic E-state index is 12.8. The van der Waals surface area contributed by atoms with Crippen LogP contribution in [0.3, 0.4) is 0 Å². The van der Waals surface area contributed by atoms with E-state index in [1.807, 2.05) is 30.3 Å². The fraction of sp³-hybridized carbons (Fsp3) is 0.444. The Kier molecular flexibility index (Phi) is 3.15. The number of likely N-dealkylation sites (N-methyl/N-ethyl adjacent to an activating group) is 1. The largest absolute Gasteiger partial charge is 0.324 e. The first-order chi connectivity index (χ1) is 10.7. The summed E-state index contributed by atoms with van der Waals surface area (Å²) in [4.78, 5) is 19.3. The molecule has 1 atom stereocenters. The first-order valence-corrected chi connectivity index (χ1v) is 8.10. The van der Waals surface area contributed by atoms with Crippen molar-refractivity contribution in [3.63, 3.8) is 0 Å². The number of hydrogen-bond donors (Lipinski definition) is 1. The van der Waals surface area contributed by atoms with Gasteiger partial charge in [-0.25, -0.2) is 0 Å². The molecule has 1 aromatic carbocycles. The summed E-state index contributed by atoms with van der Waals surface area (Å²) in [5, 5.41) is 4.77. The third-order valence-corrected chi connectivity index (χ3v) is 5.20. The highest BCUT2D eigenvalue weighted by Gasteiger charge is 2.50. The Morgan fingerprint density at radius 1 is 1.18 bits per heavy atom. The molecule has 4 nitrogen and oxygen atoms in total. The van der Waals surface area contributed by atoms with Gasteiger partial charge in [0.05, 0.1) is 11.1 Å². The van der Waals surface area contributed by atoms with Gasteiger partial charge < -0.3 is 4.90 Å². The van der Waals surface area contributed by atoms with E-state index in [9.17, 15) is 4.79 Å². The lowest BCUT2D eigenvalue weighted by Crippen LogP contribution is -2.48. The summed E-state index contributed by atoms with van der Waals surface area (Å²) < 4.78 is 0. The van der Waals surface area contributed by atoms with E-state index >= 15 is 0 Å². The molecule has 22 heavy (non-hydrogen) atoms. The zero-order valence-electron chi connectivity index (χ0n) is 12.9. The lowest BCUT2D eigenvalue weighted by molar-refractivity contribution is -0.133. The van der Waals surface area contributed by atoms with Gasteiger partial charge in [-0.1, -0.05) is 43.5 Å². The van der Waals surface area contributed by atoms with Gasteiger partial charge in [0.25, 0.3) is 0 Å². The van der Waals surface area contributed by atoms with Gasteiger partial charge in [0.15, 0.2) is 0 Å². The minimum Gasteiger partial charge on any atom is -0.324 e. The number of pyridine rings is 1. The van der Waals surface area contributed by atoms with Gasteiger partial charge in [-0.15, -0.1) is 0 Å². The van der Waals surface area contributed by atoms with Crippen LogP contribution in [0.2, 0.25) is 0 Å². The van der Waals surface area contributed by atoms with Crippen molar-refractivity contribution in [3.05, 3.63) is 42.1 Å². The normalized spacial score (nSPS) is 24.3. The second kappa shape index (κ2) is 5.06. The first kappa shape index (κ1) is 13.7. The van der Waals surface area contributed by atoms with E-state index in [0.29, 0.717) is 0 Å². The smallest absolute Gasteiger partial charge is 0.244 e. The van der Waals surface area contributed by atoms with Crippen molar-refractivity contribution in [1.82, 2.24) is 15.2 Å². The van der Waals surface area contributed by atoms with Crippen molar-refractivity contribution in [2.45, 2.75) is 43.8 Å². The van der Waals surface area contributed by atoms with Gasteiger partial charge in [-0.3, -0.25) is 15.1 Å². The molecule has 1 spiro atoms. The van der Waals surface area contributed by atoms with Crippen molar-refractivity contribution in [2.24, 2.45) is 0 Å². The minimum atomic E-state index is -0.353. The third kappa shape index (κ3) is 1.94. The van der Waals surface area contributed by atoms with E-state index in [2.05, 4.69) is 28.5 Å². The summed E-state index contributed by atoms with van der Waals surface area (Å²) >= 11 is 0. The molecule has 1 aliphatic heterocycles. The molecule has 1 unspecified atom stereocenters.